The number of nitrogens with one attached hydrogen (secondary N) is 1. The van der Waals surface area contributed by atoms with E-state index >= 15 is 0 Å². The standard InChI is InChI=1S/C21H25ClN2O3S/c1-27-18-7-3-2-6-15(18)16(24-12-4-5-13-24)14-23-21(26)11-8-17(25)19-9-10-20(22)28-19/h2-3,6-7,9-10,16H,4-5,8,11-14H2,1H3,(H,23,26). The van der Waals surface area contributed by atoms with E-state index in [0.717, 1.165) is 37.2 Å². The second kappa shape index (κ2) is 10.0. The first kappa shape index (κ1) is 20.8. The summed E-state index contributed by atoms with van der Waals surface area (Å²) in [6.45, 7) is 2.52. The molecule has 7 heteroatoms. The van der Waals surface area contributed by atoms with E-state index in [4.69, 9.17) is 16.3 Å². The first-order chi connectivity index (χ1) is 13.6. The van der Waals surface area contributed by atoms with Crippen LogP contribution in [-0.4, -0.2) is 43.3 Å². The third-order valence-corrected chi connectivity index (χ3v) is 6.27. The Kier molecular flexibility index (Phi) is 7.48. The molecule has 1 aromatic heterocycles. The number of Topliss-reactive ketones (excluding diaryl/α,β-unsaturated/α-hetero) is 1. The van der Waals surface area contributed by atoms with Gasteiger partial charge in [-0.05, 0) is 44.1 Å². The maximum Gasteiger partial charge on any atom is 0.220 e. The predicted molar refractivity (Wildman–Crippen MR) is 112 cm³/mol. The maximum absolute atomic E-state index is 12.4. The number of likely N-dealkylation sites (tertiary alicyclic amines) is 1. The van der Waals surface area contributed by atoms with E-state index in [1.165, 1.54) is 11.3 Å². The van der Waals surface area contributed by atoms with Crippen LogP contribution in [-0.2, 0) is 4.79 Å². The monoisotopic (exact) mass is 420 g/mol. The molecule has 3 rings (SSSR count). The number of para-hydroxylation sites is 1. The van der Waals surface area contributed by atoms with Crippen LogP contribution >= 0.6 is 22.9 Å². The van der Waals surface area contributed by atoms with E-state index in [9.17, 15) is 9.59 Å². The summed E-state index contributed by atoms with van der Waals surface area (Å²) in [4.78, 5) is 27.5. The molecule has 0 aliphatic carbocycles. The van der Waals surface area contributed by atoms with Gasteiger partial charge in [-0.25, -0.2) is 0 Å². The summed E-state index contributed by atoms with van der Waals surface area (Å²) in [5.74, 6) is 0.668. The number of benzene rings is 1. The number of hydrogen-bond acceptors (Lipinski definition) is 5. The number of carbonyl (C=O) groups is 2. The van der Waals surface area contributed by atoms with Gasteiger partial charge in [0, 0.05) is 24.9 Å². The van der Waals surface area contributed by atoms with Crippen molar-refractivity contribution in [1.82, 2.24) is 10.2 Å². The smallest absolute Gasteiger partial charge is 0.220 e. The molecular weight excluding hydrogens is 396 g/mol. The van der Waals surface area contributed by atoms with Crippen LogP contribution in [0.2, 0.25) is 4.34 Å². The maximum atomic E-state index is 12.4. The Morgan fingerprint density at radius 1 is 1.18 bits per heavy atom. The summed E-state index contributed by atoms with van der Waals surface area (Å²) >= 11 is 7.12. The second-order valence-electron chi connectivity index (χ2n) is 6.83. The van der Waals surface area contributed by atoms with Gasteiger partial charge in [0.25, 0.3) is 0 Å². The molecule has 2 aromatic rings. The van der Waals surface area contributed by atoms with Crippen molar-refractivity contribution in [3.05, 3.63) is 51.2 Å². The number of amides is 1. The van der Waals surface area contributed by atoms with Gasteiger partial charge in [-0.3, -0.25) is 14.5 Å². The fraction of sp³-hybridized carbons (Fsp3) is 0.429. The minimum Gasteiger partial charge on any atom is -0.496 e. The highest BCUT2D eigenvalue weighted by Crippen LogP contribution is 2.31. The highest BCUT2D eigenvalue weighted by molar-refractivity contribution is 7.18. The second-order valence-corrected chi connectivity index (χ2v) is 8.55. The minimum absolute atomic E-state index is 0.0483. The lowest BCUT2D eigenvalue weighted by molar-refractivity contribution is -0.121. The van der Waals surface area contributed by atoms with Crippen LogP contribution in [0.4, 0.5) is 0 Å². The van der Waals surface area contributed by atoms with Gasteiger partial charge in [0.15, 0.2) is 5.78 Å². The Hall–Kier alpha value is -1.89. The Balaban J connectivity index is 1.58. The molecule has 1 unspecified atom stereocenters. The molecule has 0 saturated carbocycles. The molecule has 1 aliphatic heterocycles. The molecule has 1 atom stereocenters. The molecule has 2 heterocycles. The Morgan fingerprint density at radius 3 is 2.61 bits per heavy atom. The van der Waals surface area contributed by atoms with Gasteiger partial charge >= 0.3 is 0 Å². The van der Waals surface area contributed by atoms with E-state index in [-0.39, 0.29) is 30.6 Å². The summed E-state index contributed by atoms with van der Waals surface area (Å²) in [6, 6.07) is 11.4. The van der Waals surface area contributed by atoms with Gasteiger partial charge in [-0.15, -0.1) is 11.3 Å². The molecule has 1 fully saturated rings. The van der Waals surface area contributed by atoms with E-state index in [1.807, 2.05) is 18.2 Å². The summed E-state index contributed by atoms with van der Waals surface area (Å²) in [5, 5.41) is 3.01. The molecule has 1 aromatic carbocycles. The average molecular weight is 421 g/mol. The van der Waals surface area contributed by atoms with Gasteiger partial charge in [0.1, 0.15) is 5.75 Å². The van der Waals surface area contributed by atoms with Crippen LogP contribution in [0, 0.1) is 0 Å². The fourth-order valence-electron chi connectivity index (χ4n) is 3.54. The lowest BCUT2D eigenvalue weighted by Gasteiger charge is -2.29. The predicted octanol–water partition coefficient (Wildman–Crippen LogP) is 4.33. The van der Waals surface area contributed by atoms with Crippen molar-refractivity contribution in [3.63, 3.8) is 0 Å². The number of nitrogens with zero attached hydrogens (tertiary/aromatic N) is 1. The number of carbonyl (C=O) groups excluding carboxylic acids is 2. The lowest BCUT2D eigenvalue weighted by Crippen LogP contribution is -2.37. The van der Waals surface area contributed by atoms with E-state index < -0.39 is 0 Å². The van der Waals surface area contributed by atoms with Gasteiger partial charge in [-0.2, -0.15) is 0 Å². The molecule has 150 valence electrons. The van der Waals surface area contributed by atoms with Gasteiger partial charge in [-0.1, -0.05) is 29.8 Å². The van der Waals surface area contributed by atoms with Crippen LogP contribution in [0.5, 0.6) is 5.75 Å². The molecule has 5 nitrogen and oxygen atoms in total. The summed E-state index contributed by atoms with van der Waals surface area (Å²) in [7, 11) is 1.67. The number of ketones is 1. The first-order valence-electron chi connectivity index (χ1n) is 9.50. The number of methoxy groups -OCH3 is 1. The first-order valence-corrected chi connectivity index (χ1v) is 10.7. The molecule has 28 heavy (non-hydrogen) atoms. The largest absolute Gasteiger partial charge is 0.496 e. The van der Waals surface area contributed by atoms with E-state index in [0.29, 0.717) is 15.8 Å². The molecule has 1 N–H and O–H groups in total. The van der Waals surface area contributed by atoms with Crippen LogP contribution in [0.15, 0.2) is 36.4 Å². The molecule has 1 saturated heterocycles. The lowest BCUT2D eigenvalue weighted by atomic mass is 10.0. The fourth-order valence-corrected chi connectivity index (χ4v) is 4.55. The third-order valence-electron chi connectivity index (χ3n) is 5.00. The van der Waals surface area contributed by atoms with Gasteiger partial charge in [0.05, 0.1) is 22.4 Å². The summed E-state index contributed by atoms with van der Waals surface area (Å²) in [5.41, 5.74) is 1.08. The van der Waals surface area contributed by atoms with Crippen LogP contribution in [0.1, 0.15) is 47.0 Å². The summed E-state index contributed by atoms with van der Waals surface area (Å²) in [6.07, 6.45) is 2.69. The van der Waals surface area contributed by atoms with Crippen molar-refractivity contribution in [2.45, 2.75) is 31.7 Å². The van der Waals surface area contributed by atoms with Crippen LogP contribution < -0.4 is 10.1 Å². The SMILES string of the molecule is COc1ccccc1C(CNC(=O)CCC(=O)c1ccc(Cl)s1)N1CCCC1. The van der Waals surface area contributed by atoms with Crippen LogP contribution in [0.25, 0.3) is 0 Å². The molecular formula is C21H25ClN2O3S. The molecule has 0 spiro atoms. The highest BCUT2D eigenvalue weighted by Gasteiger charge is 2.26. The summed E-state index contributed by atoms with van der Waals surface area (Å²) < 4.78 is 6.11. The zero-order valence-corrected chi connectivity index (χ0v) is 17.5. The molecule has 1 amide bonds. The Morgan fingerprint density at radius 2 is 1.93 bits per heavy atom. The van der Waals surface area contributed by atoms with Crippen LogP contribution in [0.3, 0.4) is 0 Å². The number of rotatable bonds is 9. The highest BCUT2D eigenvalue weighted by atomic mass is 35.5. The Labute approximate surface area is 174 Å². The minimum atomic E-state index is -0.116. The molecule has 0 bridgehead atoms. The Bertz CT molecular complexity index is 817. The topological polar surface area (TPSA) is 58.6 Å². The zero-order chi connectivity index (χ0) is 19.9. The van der Waals surface area contributed by atoms with Crippen molar-refractivity contribution < 1.29 is 14.3 Å². The molecule has 0 radical (unpaired) electrons. The van der Waals surface area contributed by atoms with Crippen molar-refractivity contribution in [2.24, 2.45) is 0 Å². The third kappa shape index (κ3) is 5.34. The quantitative estimate of drug-likeness (QED) is 0.613. The van der Waals surface area contributed by atoms with Crippen molar-refractivity contribution >= 4 is 34.6 Å². The van der Waals surface area contributed by atoms with Crippen molar-refractivity contribution in [3.8, 4) is 5.75 Å². The zero-order valence-electron chi connectivity index (χ0n) is 15.9. The molecule has 1 aliphatic rings. The average Bonchev–Trinajstić information content (AvgIpc) is 3.39. The van der Waals surface area contributed by atoms with Crippen molar-refractivity contribution in [1.29, 1.82) is 0 Å². The van der Waals surface area contributed by atoms with Gasteiger partial charge in [0.2, 0.25) is 5.91 Å². The van der Waals surface area contributed by atoms with E-state index in [2.05, 4.69) is 16.3 Å². The number of hydrogen-bond donors (Lipinski definition) is 1. The van der Waals surface area contributed by atoms with E-state index in [1.54, 1.807) is 19.2 Å². The number of halogens is 1. The number of ether oxygens (including phenoxy) is 1. The normalized spacial score (nSPS) is 15.4. The number of thiophene rings is 1. The van der Waals surface area contributed by atoms with Crippen molar-refractivity contribution in [2.75, 3.05) is 26.7 Å². The van der Waals surface area contributed by atoms with Gasteiger partial charge < -0.3 is 10.1 Å².